The third kappa shape index (κ3) is 7.42. The molecule has 4 aromatic rings. The van der Waals surface area contributed by atoms with Crippen LogP contribution in [-0.2, 0) is 38.8 Å². The second-order valence-electron chi connectivity index (χ2n) is 11.5. The van der Waals surface area contributed by atoms with E-state index in [1.165, 1.54) is 4.46 Å². The number of aliphatic hydroxyl groups excluding tert-OH is 1. The number of hydrogen-bond acceptors (Lipinski definition) is 5. The number of aliphatic hydroxyl groups is 1. The Hall–Kier alpha value is -3.06. The van der Waals surface area contributed by atoms with Crippen molar-refractivity contribution in [3.05, 3.63) is 150 Å². The first-order valence-corrected chi connectivity index (χ1v) is 18.1. The third-order valence-electron chi connectivity index (χ3n) is 8.05. The number of fused-ring (bicyclic) bond motifs is 1. The summed E-state index contributed by atoms with van der Waals surface area (Å²) in [5.74, 6) is 0. The average molecular weight is 657 g/mol. The van der Waals surface area contributed by atoms with Crippen molar-refractivity contribution in [2.75, 3.05) is 6.61 Å². The first kappa shape index (κ1) is 30.9. The summed E-state index contributed by atoms with van der Waals surface area (Å²) in [6.07, 6.45) is 3.60. The van der Waals surface area contributed by atoms with Crippen LogP contribution < -0.4 is 4.46 Å². The summed E-state index contributed by atoms with van der Waals surface area (Å²) in [7, 11) is 0. The molecule has 7 atom stereocenters. The summed E-state index contributed by atoms with van der Waals surface area (Å²) in [5.41, 5.74) is 3.36. The molecule has 0 aliphatic carbocycles. The molecule has 0 spiro atoms. The molecule has 6 rings (SSSR count). The Morgan fingerprint density at radius 1 is 0.727 bits per heavy atom. The molecule has 2 aliphatic rings. The zero-order chi connectivity index (χ0) is 30.2. The second-order valence-corrected chi connectivity index (χ2v) is 16.3. The molecule has 2 heterocycles. The van der Waals surface area contributed by atoms with Crippen LogP contribution in [0.4, 0.5) is 0 Å². The van der Waals surface area contributed by atoms with Gasteiger partial charge in [0.05, 0.1) is 0 Å². The predicted octanol–water partition coefficient (Wildman–Crippen LogP) is 6.16. The SMILES string of the molecule is C[C@@H](O)C/C=C\[C@@]12OC(COCc3ccccc3)C(OCc3ccccc3)C(OCc3ccccc3)[C@@H]1[Se+]2c1ccccc1. The van der Waals surface area contributed by atoms with Crippen LogP contribution in [0.2, 0.25) is 4.82 Å². The van der Waals surface area contributed by atoms with Crippen LogP contribution in [0, 0.1) is 0 Å². The van der Waals surface area contributed by atoms with E-state index < -0.39 is 24.5 Å². The minimum absolute atomic E-state index is 0.157. The fourth-order valence-electron chi connectivity index (χ4n) is 5.90. The maximum absolute atomic E-state index is 10.1. The Labute approximate surface area is 265 Å². The molecule has 4 aromatic carbocycles. The molecule has 228 valence electrons. The van der Waals surface area contributed by atoms with Gasteiger partial charge in [-0.05, 0) is 0 Å². The van der Waals surface area contributed by atoms with E-state index in [0.717, 1.165) is 16.7 Å². The Kier molecular flexibility index (Phi) is 10.4. The molecule has 4 unspecified atom stereocenters. The number of benzene rings is 4. The van der Waals surface area contributed by atoms with Crippen molar-refractivity contribution < 1.29 is 24.1 Å². The van der Waals surface area contributed by atoms with Crippen LogP contribution in [-0.4, -0.2) is 54.5 Å². The predicted molar refractivity (Wildman–Crippen MR) is 175 cm³/mol. The molecule has 6 heteroatoms. The van der Waals surface area contributed by atoms with Gasteiger partial charge in [0.1, 0.15) is 0 Å². The van der Waals surface area contributed by atoms with Crippen LogP contribution in [0.15, 0.2) is 133 Å². The topological polar surface area (TPSA) is 57.2 Å². The molecule has 0 saturated carbocycles. The quantitative estimate of drug-likeness (QED) is 0.130. The number of hydrogen-bond donors (Lipinski definition) is 1. The van der Waals surface area contributed by atoms with E-state index in [2.05, 4.69) is 78.9 Å². The first-order chi connectivity index (χ1) is 21.6. The maximum atomic E-state index is 10.1. The molecule has 5 nitrogen and oxygen atoms in total. The Morgan fingerprint density at radius 3 is 1.77 bits per heavy atom. The summed E-state index contributed by atoms with van der Waals surface area (Å²) in [6.45, 7) is 3.65. The van der Waals surface area contributed by atoms with E-state index in [1.807, 2.05) is 61.5 Å². The molecule has 2 aliphatic heterocycles. The monoisotopic (exact) mass is 657 g/mol. The van der Waals surface area contributed by atoms with Gasteiger partial charge in [0.25, 0.3) is 0 Å². The van der Waals surface area contributed by atoms with Crippen LogP contribution in [0.1, 0.15) is 30.0 Å². The van der Waals surface area contributed by atoms with Gasteiger partial charge in [0.2, 0.25) is 0 Å². The van der Waals surface area contributed by atoms with E-state index in [0.29, 0.717) is 32.8 Å². The van der Waals surface area contributed by atoms with E-state index in [4.69, 9.17) is 18.9 Å². The van der Waals surface area contributed by atoms with Crippen LogP contribution in [0.5, 0.6) is 0 Å². The molecular formula is C38H41O5Se+. The summed E-state index contributed by atoms with van der Waals surface area (Å²) >= 11 is -1.57. The Balaban J connectivity index is 1.34. The van der Waals surface area contributed by atoms with Gasteiger partial charge in [0, 0.05) is 0 Å². The molecule has 1 N–H and O–H groups in total. The molecule has 2 fully saturated rings. The first-order valence-electron chi connectivity index (χ1n) is 15.4. The van der Waals surface area contributed by atoms with Gasteiger partial charge in [-0.2, -0.15) is 0 Å². The fraction of sp³-hybridized carbons (Fsp3) is 0.316. The van der Waals surface area contributed by atoms with Crippen molar-refractivity contribution in [3.8, 4) is 0 Å². The van der Waals surface area contributed by atoms with Crippen molar-refractivity contribution in [2.45, 2.75) is 66.9 Å². The summed E-state index contributed by atoms with van der Waals surface area (Å²) < 4.78 is 28.1. The van der Waals surface area contributed by atoms with Crippen molar-refractivity contribution >= 4 is 18.4 Å². The molecule has 44 heavy (non-hydrogen) atoms. The third-order valence-corrected chi connectivity index (χ3v) is 14.0. The Bertz CT molecular complexity index is 1450. The van der Waals surface area contributed by atoms with Crippen molar-refractivity contribution in [2.24, 2.45) is 0 Å². The fourth-order valence-corrected chi connectivity index (χ4v) is 12.5. The van der Waals surface area contributed by atoms with E-state index in [9.17, 15) is 5.11 Å². The summed E-state index contributed by atoms with van der Waals surface area (Å²) in [6, 6.07) is 41.6. The van der Waals surface area contributed by atoms with Crippen LogP contribution in [0.25, 0.3) is 0 Å². The van der Waals surface area contributed by atoms with Gasteiger partial charge in [0.15, 0.2) is 0 Å². The molecule has 2 saturated heterocycles. The number of ether oxygens (including phenoxy) is 4. The molecule has 0 radical (unpaired) electrons. The van der Waals surface area contributed by atoms with E-state index in [-0.39, 0.29) is 23.1 Å². The second kappa shape index (κ2) is 14.8. The van der Waals surface area contributed by atoms with Gasteiger partial charge in [-0.3, -0.25) is 0 Å². The molecule has 0 amide bonds. The Morgan fingerprint density at radius 2 is 1.23 bits per heavy atom. The van der Waals surface area contributed by atoms with Gasteiger partial charge in [-0.15, -0.1) is 0 Å². The average Bonchev–Trinajstić information content (AvgIpc) is 3.72. The normalized spacial score (nSPS) is 26.7. The summed E-state index contributed by atoms with van der Waals surface area (Å²) in [5, 5.41) is 10.1. The molecule has 0 aromatic heterocycles. The summed E-state index contributed by atoms with van der Waals surface area (Å²) in [4.78, 5) is 0.157. The van der Waals surface area contributed by atoms with Crippen molar-refractivity contribution in [1.82, 2.24) is 0 Å². The van der Waals surface area contributed by atoms with Crippen molar-refractivity contribution in [3.63, 3.8) is 0 Å². The van der Waals surface area contributed by atoms with E-state index in [1.54, 1.807) is 0 Å². The van der Waals surface area contributed by atoms with Gasteiger partial charge in [-0.25, -0.2) is 0 Å². The zero-order valence-corrected chi connectivity index (χ0v) is 26.8. The van der Waals surface area contributed by atoms with Gasteiger partial charge >= 0.3 is 266 Å². The molecular weight excluding hydrogens is 615 g/mol. The van der Waals surface area contributed by atoms with Gasteiger partial charge < -0.3 is 0 Å². The van der Waals surface area contributed by atoms with Crippen LogP contribution in [0.3, 0.4) is 0 Å². The minimum atomic E-state index is -1.57. The van der Waals surface area contributed by atoms with E-state index >= 15 is 0 Å². The number of rotatable bonds is 14. The van der Waals surface area contributed by atoms with Crippen LogP contribution >= 0.6 is 0 Å². The van der Waals surface area contributed by atoms with Gasteiger partial charge in [-0.1, -0.05) is 0 Å². The van der Waals surface area contributed by atoms with Crippen molar-refractivity contribution in [1.29, 1.82) is 0 Å². The standard InChI is InChI=1S/C38H41O5Se/c1-29(39)15-14-24-38-37(44(38)33-22-12-5-13-23-33)36(42-27-32-20-10-4-11-21-32)35(41-26-31-18-8-3-9-19-31)34(43-38)28-40-25-30-16-6-2-7-17-30/h2-14,16-24,29,34-37,39H,15,25-28H2,1H3/q+1/b24-14-/t29-,34?,35?,36?,37+,38+,44?/m1/s1. The zero-order valence-electron chi connectivity index (χ0n) is 25.1. The molecule has 0 bridgehead atoms.